The van der Waals surface area contributed by atoms with Crippen LogP contribution in [0, 0.1) is 11.7 Å². The topological polar surface area (TPSA) is 73.0 Å². The Labute approximate surface area is 172 Å². The van der Waals surface area contributed by atoms with Gasteiger partial charge >= 0.3 is 0 Å². The van der Waals surface area contributed by atoms with Crippen molar-refractivity contribution in [2.24, 2.45) is 5.92 Å². The molecule has 29 heavy (non-hydrogen) atoms. The largest absolute Gasteiger partial charge is 0.354 e. The first-order valence-corrected chi connectivity index (χ1v) is 12.0. The molecular formula is C20H31FN4O3S. The number of rotatable bonds is 6. The first-order chi connectivity index (χ1) is 13.7. The van der Waals surface area contributed by atoms with Gasteiger partial charge in [-0.2, -0.15) is 0 Å². The van der Waals surface area contributed by atoms with Crippen molar-refractivity contribution in [3.05, 3.63) is 35.6 Å². The number of sulfonamides is 1. The van der Waals surface area contributed by atoms with Gasteiger partial charge in [-0.15, -0.1) is 0 Å². The summed E-state index contributed by atoms with van der Waals surface area (Å²) in [5.41, 5.74) is 0.989. The molecule has 0 saturated carbocycles. The van der Waals surface area contributed by atoms with Crippen LogP contribution in [-0.2, 0) is 14.8 Å². The molecule has 7 nitrogen and oxygen atoms in total. The number of carbonyl (C=O) groups is 1. The van der Waals surface area contributed by atoms with E-state index in [1.54, 1.807) is 12.1 Å². The summed E-state index contributed by atoms with van der Waals surface area (Å²) >= 11 is 0. The predicted octanol–water partition coefficient (Wildman–Crippen LogP) is 0.902. The molecule has 0 aromatic heterocycles. The van der Waals surface area contributed by atoms with Crippen molar-refractivity contribution in [1.29, 1.82) is 0 Å². The highest BCUT2D eigenvalue weighted by Crippen LogP contribution is 2.23. The molecule has 0 radical (unpaired) electrons. The van der Waals surface area contributed by atoms with E-state index in [9.17, 15) is 17.6 Å². The van der Waals surface area contributed by atoms with Crippen LogP contribution in [0.15, 0.2) is 24.3 Å². The molecule has 2 fully saturated rings. The number of piperazine rings is 1. The highest BCUT2D eigenvalue weighted by Gasteiger charge is 2.30. The third-order valence-corrected chi connectivity index (χ3v) is 7.30. The molecule has 0 aliphatic carbocycles. The van der Waals surface area contributed by atoms with Gasteiger partial charge < -0.3 is 10.2 Å². The van der Waals surface area contributed by atoms with Crippen LogP contribution < -0.4 is 5.32 Å². The summed E-state index contributed by atoms with van der Waals surface area (Å²) in [6, 6.07) is 6.48. The van der Waals surface area contributed by atoms with Crippen LogP contribution in [0.3, 0.4) is 0 Å². The van der Waals surface area contributed by atoms with Crippen LogP contribution in [0.2, 0.25) is 0 Å². The summed E-state index contributed by atoms with van der Waals surface area (Å²) in [5.74, 6) is -0.471. The molecule has 0 unspecified atom stereocenters. The first-order valence-electron chi connectivity index (χ1n) is 10.1. The zero-order valence-corrected chi connectivity index (χ0v) is 18.0. The summed E-state index contributed by atoms with van der Waals surface area (Å²) < 4.78 is 38.1. The molecule has 1 amide bonds. The Kier molecular flexibility index (Phi) is 7.26. The van der Waals surface area contributed by atoms with Gasteiger partial charge in [-0.3, -0.25) is 9.69 Å². The summed E-state index contributed by atoms with van der Waals surface area (Å²) in [6.45, 7) is 4.92. The smallest absolute Gasteiger partial charge is 0.223 e. The summed E-state index contributed by atoms with van der Waals surface area (Å²) in [6.07, 6.45) is 2.28. The molecule has 1 atom stereocenters. The third kappa shape index (κ3) is 5.97. The molecule has 2 aliphatic heterocycles. The monoisotopic (exact) mass is 426 g/mol. The van der Waals surface area contributed by atoms with E-state index in [-0.39, 0.29) is 23.7 Å². The van der Waals surface area contributed by atoms with Gasteiger partial charge in [0, 0.05) is 51.7 Å². The number of amides is 1. The minimum absolute atomic E-state index is 0.00985. The van der Waals surface area contributed by atoms with E-state index in [2.05, 4.69) is 22.2 Å². The van der Waals surface area contributed by atoms with Gasteiger partial charge in [-0.1, -0.05) is 12.1 Å². The molecule has 1 aromatic rings. The van der Waals surface area contributed by atoms with E-state index in [1.807, 2.05) is 0 Å². The fourth-order valence-corrected chi connectivity index (χ4v) is 4.94. The molecule has 0 spiro atoms. The molecule has 1 N–H and O–H groups in total. The lowest BCUT2D eigenvalue weighted by molar-refractivity contribution is -0.126. The van der Waals surface area contributed by atoms with Crippen molar-refractivity contribution in [2.75, 3.05) is 59.1 Å². The number of hydrogen-bond donors (Lipinski definition) is 1. The number of hydrogen-bond acceptors (Lipinski definition) is 5. The molecule has 9 heteroatoms. The van der Waals surface area contributed by atoms with Crippen LogP contribution in [0.1, 0.15) is 24.4 Å². The maximum absolute atomic E-state index is 13.4. The van der Waals surface area contributed by atoms with Crippen LogP contribution in [0.25, 0.3) is 0 Å². The maximum Gasteiger partial charge on any atom is 0.223 e. The summed E-state index contributed by atoms with van der Waals surface area (Å²) in [5, 5.41) is 3.07. The molecule has 3 rings (SSSR count). The van der Waals surface area contributed by atoms with Gasteiger partial charge in [-0.25, -0.2) is 17.1 Å². The zero-order chi connectivity index (χ0) is 21.0. The second-order valence-electron chi connectivity index (χ2n) is 8.09. The molecule has 162 valence electrons. The fourth-order valence-electron chi connectivity index (χ4n) is 4.07. The minimum Gasteiger partial charge on any atom is -0.354 e. The van der Waals surface area contributed by atoms with Crippen molar-refractivity contribution in [1.82, 2.24) is 19.4 Å². The SMILES string of the molecule is CN1CCN([C@H](CNC(=O)C2CCN(S(C)(=O)=O)CC2)c2ccc(F)cc2)CC1. The lowest BCUT2D eigenvalue weighted by atomic mass is 9.96. The average Bonchev–Trinajstić information content (AvgIpc) is 2.70. The third-order valence-electron chi connectivity index (χ3n) is 6.00. The average molecular weight is 427 g/mol. The van der Waals surface area contributed by atoms with Crippen molar-refractivity contribution >= 4 is 15.9 Å². The molecule has 2 heterocycles. The lowest BCUT2D eigenvalue weighted by Crippen LogP contribution is -2.49. The number of likely N-dealkylation sites (N-methyl/N-ethyl adjacent to an activating group) is 1. The van der Waals surface area contributed by atoms with Crippen LogP contribution in [-0.4, -0.2) is 87.5 Å². The molecular weight excluding hydrogens is 395 g/mol. The predicted molar refractivity (Wildman–Crippen MR) is 110 cm³/mol. The Balaban J connectivity index is 1.61. The van der Waals surface area contributed by atoms with Crippen molar-refractivity contribution in [3.8, 4) is 0 Å². The molecule has 1 aromatic carbocycles. The van der Waals surface area contributed by atoms with Crippen LogP contribution in [0.5, 0.6) is 0 Å². The second-order valence-corrected chi connectivity index (χ2v) is 10.1. The number of carbonyl (C=O) groups excluding carboxylic acids is 1. The van der Waals surface area contributed by atoms with E-state index in [0.717, 1.165) is 31.7 Å². The summed E-state index contributed by atoms with van der Waals surface area (Å²) in [4.78, 5) is 17.3. The Bertz CT molecular complexity index is 786. The summed E-state index contributed by atoms with van der Waals surface area (Å²) in [7, 11) is -1.11. The van der Waals surface area contributed by atoms with E-state index < -0.39 is 10.0 Å². The van der Waals surface area contributed by atoms with Crippen molar-refractivity contribution < 1.29 is 17.6 Å². The highest BCUT2D eigenvalue weighted by molar-refractivity contribution is 7.88. The van der Waals surface area contributed by atoms with E-state index in [1.165, 1.54) is 22.7 Å². The van der Waals surface area contributed by atoms with Gasteiger partial charge in [0.25, 0.3) is 0 Å². The number of piperidine rings is 1. The van der Waals surface area contributed by atoms with Gasteiger partial charge in [-0.05, 0) is 37.6 Å². The van der Waals surface area contributed by atoms with Gasteiger partial charge in [0.15, 0.2) is 0 Å². The van der Waals surface area contributed by atoms with E-state index in [4.69, 9.17) is 0 Å². The second kappa shape index (κ2) is 9.51. The van der Waals surface area contributed by atoms with Crippen LogP contribution >= 0.6 is 0 Å². The lowest BCUT2D eigenvalue weighted by Gasteiger charge is -2.38. The number of benzene rings is 1. The standard InChI is InChI=1S/C20H31FN4O3S/c1-23-11-13-24(14-12-23)19(16-3-5-18(21)6-4-16)15-22-20(26)17-7-9-25(10-8-17)29(2,27)28/h3-6,17,19H,7-15H2,1-2H3,(H,22,26)/t19-/m1/s1. The van der Waals surface area contributed by atoms with E-state index in [0.29, 0.717) is 32.5 Å². The maximum atomic E-state index is 13.4. The minimum atomic E-state index is -3.20. The van der Waals surface area contributed by atoms with Gasteiger partial charge in [0.05, 0.1) is 12.3 Å². The molecule has 2 saturated heterocycles. The first kappa shape index (κ1) is 22.1. The molecule has 2 aliphatic rings. The zero-order valence-electron chi connectivity index (χ0n) is 17.2. The van der Waals surface area contributed by atoms with Gasteiger partial charge in [0.2, 0.25) is 15.9 Å². The number of nitrogens with one attached hydrogen (secondary N) is 1. The normalized spacial score (nSPS) is 21.8. The van der Waals surface area contributed by atoms with Crippen molar-refractivity contribution in [2.45, 2.75) is 18.9 Å². The number of halogens is 1. The Hall–Kier alpha value is -1.55. The Morgan fingerprint density at radius 2 is 1.69 bits per heavy atom. The fraction of sp³-hybridized carbons (Fsp3) is 0.650. The van der Waals surface area contributed by atoms with Crippen LogP contribution in [0.4, 0.5) is 4.39 Å². The van der Waals surface area contributed by atoms with E-state index >= 15 is 0 Å². The van der Waals surface area contributed by atoms with Gasteiger partial charge in [0.1, 0.15) is 5.82 Å². The van der Waals surface area contributed by atoms with Crippen molar-refractivity contribution in [3.63, 3.8) is 0 Å². The molecule has 0 bridgehead atoms. The quantitative estimate of drug-likeness (QED) is 0.732. The highest BCUT2D eigenvalue weighted by atomic mass is 32.2. The Morgan fingerprint density at radius 1 is 1.10 bits per heavy atom. The number of nitrogens with zero attached hydrogens (tertiary/aromatic N) is 3. The Morgan fingerprint density at radius 3 is 2.24 bits per heavy atom.